The van der Waals surface area contributed by atoms with Crippen molar-refractivity contribution in [1.29, 1.82) is 0 Å². The normalized spacial score (nSPS) is 19.8. The van der Waals surface area contributed by atoms with E-state index in [0.717, 1.165) is 12.1 Å². The van der Waals surface area contributed by atoms with Crippen LogP contribution < -0.4 is 5.32 Å². The van der Waals surface area contributed by atoms with Crippen molar-refractivity contribution in [3.8, 4) is 0 Å². The average molecular weight is 378 g/mol. The van der Waals surface area contributed by atoms with Crippen LogP contribution in [0.1, 0.15) is 48.5 Å². The van der Waals surface area contributed by atoms with Crippen LogP contribution in [0.4, 0.5) is 9.93 Å². The smallest absolute Gasteiger partial charge is 0.319 e. The first-order chi connectivity index (χ1) is 12.2. The highest BCUT2D eigenvalue weighted by Crippen LogP contribution is 2.38. The molecule has 7 nitrogen and oxygen atoms in total. The van der Waals surface area contributed by atoms with E-state index in [1.54, 1.807) is 23.9 Å². The summed E-state index contributed by atoms with van der Waals surface area (Å²) in [7, 11) is 3.46. The molecule has 1 aromatic rings. The number of carbonyl (C=O) groups excluding carboxylic acids is 3. The van der Waals surface area contributed by atoms with Crippen molar-refractivity contribution in [2.24, 2.45) is 11.3 Å². The van der Waals surface area contributed by atoms with Gasteiger partial charge in [-0.3, -0.25) is 9.59 Å². The Balaban J connectivity index is 1.60. The van der Waals surface area contributed by atoms with Gasteiger partial charge in [0.1, 0.15) is 0 Å². The van der Waals surface area contributed by atoms with Gasteiger partial charge in [-0.15, -0.1) is 0 Å². The number of piperidine rings is 1. The fourth-order valence-electron chi connectivity index (χ4n) is 3.60. The van der Waals surface area contributed by atoms with Crippen LogP contribution in [-0.4, -0.2) is 59.7 Å². The van der Waals surface area contributed by atoms with Crippen LogP contribution in [0.2, 0.25) is 0 Å². The van der Waals surface area contributed by atoms with Crippen molar-refractivity contribution < 1.29 is 14.4 Å². The number of nitrogens with zero attached hydrogens (tertiary/aromatic N) is 3. The number of thiazole rings is 1. The molecule has 0 spiro atoms. The number of hydrogen-bond acceptors (Lipinski definition) is 5. The fraction of sp³-hybridized carbons (Fsp3) is 0.667. The van der Waals surface area contributed by atoms with Gasteiger partial charge in [-0.25, -0.2) is 9.78 Å². The zero-order valence-corrected chi connectivity index (χ0v) is 16.6. The van der Waals surface area contributed by atoms with Crippen LogP contribution in [0.5, 0.6) is 0 Å². The molecule has 1 aliphatic carbocycles. The predicted molar refractivity (Wildman–Crippen MR) is 101 cm³/mol. The topological polar surface area (TPSA) is 82.6 Å². The Labute approximate surface area is 157 Å². The first kappa shape index (κ1) is 18.8. The Morgan fingerprint density at radius 3 is 2.50 bits per heavy atom. The molecule has 1 N–H and O–H groups in total. The summed E-state index contributed by atoms with van der Waals surface area (Å²) in [6, 6.07) is -0.0161. The SMILES string of the molecule is CN(C)C(=O)N1CCC(C(=O)Nc2nc3c(s2)C(=O)CC(C)(C)C3)CC1. The number of likely N-dealkylation sites (tertiary alicyclic amines) is 1. The van der Waals surface area contributed by atoms with Crippen molar-refractivity contribution in [1.82, 2.24) is 14.8 Å². The van der Waals surface area contributed by atoms with E-state index >= 15 is 0 Å². The van der Waals surface area contributed by atoms with E-state index in [0.29, 0.717) is 42.4 Å². The minimum absolute atomic E-state index is 0.0161. The zero-order valence-electron chi connectivity index (χ0n) is 15.8. The summed E-state index contributed by atoms with van der Waals surface area (Å²) in [4.78, 5) is 45.3. The van der Waals surface area contributed by atoms with Gasteiger partial charge in [0.15, 0.2) is 10.9 Å². The van der Waals surface area contributed by atoms with E-state index in [-0.39, 0.29) is 29.1 Å². The largest absolute Gasteiger partial charge is 0.331 e. The van der Waals surface area contributed by atoms with E-state index in [9.17, 15) is 14.4 Å². The monoisotopic (exact) mass is 378 g/mol. The highest BCUT2D eigenvalue weighted by atomic mass is 32.1. The molecule has 1 aromatic heterocycles. The number of anilines is 1. The fourth-order valence-corrected chi connectivity index (χ4v) is 4.52. The lowest BCUT2D eigenvalue weighted by Crippen LogP contribution is -2.45. The molecule has 1 aliphatic heterocycles. The molecular weight excluding hydrogens is 352 g/mol. The zero-order chi connectivity index (χ0) is 19.1. The summed E-state index contributed by atoms with van der Waals surface area (Å²) in [6.45, 7) is 5.29. The molecule has 0 unspecified atom stereocenters. The van der Waals surface area contributed by atoms with Gasteiger partial charge in [0.05, 0.1) is 10.6 Å². The van der Waals surface area contributed by atoms with Gasteiger partial charge in [0.2, 0.25) is 5.91 Å². The Hall–Kier alpha value is -1.96. The molecule has 3 amide bonds. The van der Waals surface area contributed by atoms with Crippen molar-refractivity contribution in [2.75, 3.05) is 32.5 Å². The van der Waals surface area contributed by atoms with Gasteiger partial charge in [-0.2, -0.15) is 0 Å². The molecule has 0 radical (unpaired) electrons. The number of rotatable bonds is 2. The molecule has 0 bridgehead atoms. The maximum Gasteiger partial charge on any atom is 0.319 e. The Morgan fingerprint density at radius 2 is 1.88 bits per heavy atom. The first-order valence-electron chi connectivity index (χ1n) is 8.96. The third kappa shape index (κ3) is 3.90. The van der Waals surface area contributed by atoms with Crippen molar-refractivity contribution in [3.63, 3.8) is 0 Å². The van der Waals surface area contributed by atoms with E-state index < -0.39 is 0 Å². The molecule has 1 fully saturated rings. The summed E-state index contributed by atoms with van der Waals surface area (Å²) in [5, 5.41) is 3.40. The quantitative estimate of drug-likeness (QED) is 0.858. The molecule has 0 saturated carbocycles. The van der Waals surface area contributed by atoms with Gasteiger partial charge in [0.25, 0.3) is 0 Å². The number of carbonyl (C=O) groups is 3. The summed E-state index contributed by atoms with van der Waals surface area (Å²) < 4.78 is 0. The van der Waals surface area contributed by atoms with Gasteiger partial charge >= 0.3 is 6.03 Å². The highest BCUT2D eigenvalue weighted by Gasteiger charge is 2.34. The Bertz CT molecular complexity index is 733. The summed E-state index contributed by atoms with van der Waals surface area (Å²) in [6.07, 6.45) is 2.56. The third-order valence-corrected chi connectivity index (χ3v) is 6.04. The molecule has 2 heterocycles. The van der Waals surface area contributed by atoms with Gasteiger partial charge in [-0.1, -0.05) is 25.2 Å². The minimum atomic E-state index is -0.130. The second-order valence-electron chi connectivity index (χ2n) is 8.16. The van der Waals surface area contributed by atoms with Gasteiger partial charge in [0, 0.05) is 39.5 Å². The van der Waals surface area contributed by atoms with Gasteiger partial charge < -0.3 is 15.1 Å². The third-order valence-electron chi connectivity index (χ3n) is 4.98. The van der Waals surface area contributed by atoms with Crippen LogP contribution in [0.3, 0.4) is 0 Å². The van der Waals surface area contributed by atoms with E-state index in [1.807, 2.05) is 0 Å². The summed E-state index contributed by atoms with van der Waals surface area (Å²) >= 11 is 1.28. The lowest BCUT2D eigenvalue weighted by atomic mass is 9.78. The van der Waals surface area contributed by atoms with Crippen LogP contribution in [0, 0.1) is 11.3 Å². The number of nitrogens with one attached hydrogen (secondary N) is 1. The van der Waals surface area contributed by atoms with Crippen LogP contribution >= 0.6 is 11.3 Å². The van der Waals surface area contributed by atoms with E-state index in [1.165, 1.54) is 11.3 Å². The molecule has 1 saturated heterocycles. The Kier molecular flexibility index (Phi) is 5.05. The van der Waals surface area contributed by atoms with Gasteiger partial charge in [-0.05, 0) is 24.7 Å². The molecule has 142 valence electrons. The molecular formula is C18H26N4O3S. The first-order valence-corrected chi connectivity index (χ1v) is 9.78. The predicted octanol–water partition coefficient (Wildman–Crippen LogP) is 2.63. The number of Topliss-reactive ketones (excluding diaryl/α,β-unsaturated/α-hetero) is 1. The van der Waals surface area contributed by atoms with E-state index in [2.05, 4.69) is 24.1 Å². The number of amides is 3. The summed E-state index contributed by atoms with van der Waals surface area (Å²) in [5.74, 6) is -0.0844. The number of hydrogen-bond donors (Lipinski definition) is 1. The number of aromatic nitrogens is 1. The molecule has 8 heteroatoms. The van der Waals surface area contributed by atoms with Crippen molar-refractivity contribution in [3.05, 3.63) is 10.6 Å². The highest BCUT2D eigenvalue weighted by molar-refractivity contribution is 7.17. The van der Waals surface area contributed by atoms with Crippen molar-refractivity contribution >= 4 is 34.2 Å². The minimum Gasteiger partial charge on any atom is -0.331 e. The molecule has 3 rings (SSSR count). The average Bonchev–Trinajstić information content (AvgIpc) is 2.95. The van der Waals surface area contributed by atoms with Crippen LogP contribution in [-0.2, 0) is 11.2 Å². The lowest BCUT2D eigenvalue weighted by Gasteiger charge is -2.32. The Morgan fingerprint density at radius 1 is 1.23 bits per heavy atom. The molecule has 0 aromatic carbocycles. The molecule has 2 aliphatic rings. The molecule has 26 heavy (non-hydrogen) atoms. The maximum absolute atomic E-state index is 12.6. The lowest BCUT2D eigenvalue weighted by molar-refractivity contribution is -0.121. The second-order valence-corrected chi connectivity index (χ2v) is 9.16. The maximum atomic E-state index is 12.6. The molecule has 0 atom stereocenters. The number of fused-ring (bicyclic) bond motifs is 1. The number of urea groups is 1. The number of ketones is 1. The second kappa shape index (κ2) is 6.98. The van der Waals surface area contributed by atoms with Crippen molar-refractivity contribution in [2.45, 2.75) is 39.5 Å². The standard InChI is InChI=1S/C18H26N4O3S/c1-18(2)9-12-14(13(23)10-18)26-16(19-12)20-15(24)11-5-7-22(8-6-11)17(25)21(3)4/h11H,5-10H2,1-4H3,(H,19,20,24). The van der Waals surface area contributed by atoms with Crippen LogP contribution in [0.25, 0.3) is 0 Å². The van der Waals surface area contributed by atoms with Crippen LogP contribution in [0.15, 0.2) is 0 Å². The van der Waals surface area contributed by atoms with E-state index in [4.69, 9.17) is 0 Å². The summed E-state index contributed by atoms with van der Waals surface area (Å²) in [5.41, 5.74) is 0.726.